The van der Waals surface area contributed by atoms with E-state index in [2.05, 4.69) is 10.3 Å². The van der Waals surface area contributed by atoms with Crippen LogP contribution in [0.4, 0.5) is 5.13 Å². The van der Waals surface area contributed by atoms with Gasteiger partial charge in [-0.2, -0.15) is 0 Å². The van der Waals surface area contributed by atoms with Gasteiger partial charge in [-0.25, -0.2) is 17.7 Å². The van der Waals surface area contributed by atoms with Gasteiger partial charge in [0.1, 0.15) is 0 Å². The maximum Gasteiger partial charge on any atom is 0.257 e. The molecule has 8 heteroatoms. The van der Waals surface area contributed by atoms with Crippen LogP contribution in [-0.4, -0.2) is 37.2 Å². The lowest BCUT2D eigenvalue weighted by molar-refractivity contribution is 0.102. The molecule has 3 rings (SSSR count). The molecule has 0 radical (unpaired) electrons. The molecule has 0 aliphatic carbocycles. The standard InChI is InChI=1S/C22H25N3O3S2/c1-4-5-15-25(3)30(27,28)19-13-11-18(12-14-19)21(26)24-22-23-20(16(2)29-22)17-9-7-6-8-10-17/h6-14H,4-5,15H2,1-3H3,(H,23,24,26). The molecule has 1 aromatic heterocycles. The van der Waals surface area contributed by atoms with E-state index in [-0.39, 0.29) is 10.8 Å². The van der Waals surface area contributed by atoms with Crippen molar-refractivity contribution in [2.45, 2.75) is 31.6 Å². The first kappa shape index (κ1) is 22.1. The summed E-state index contributed by atoms with van der Waals surface area (Å²) in [5.74, 6) is -0.327. The molecule has 2 aromatic carbocycles. The fourth-order valence-corrected chi connectivity index (χ4v) is 4.98. The van der Waals surface area contributed by atoms with E-state index in [9.17, 15) is 13.2 Å². The van der Waals surface area contributed by atoms with E-state index in [0.29, 0.717) is 17.2 Å². The molecule has 0 spiro atoms. The normalized spacial score (nSPS) is 11.6. The van der Waals surface area contributed by atoms with Crippen molar-refractivity contribution >= 4 is 32.4 Å². The third-order valence-electron chi connectivity index (χ3n) is 4.72. The smallest absolute Gasteiger partial charge is 0.257 e. The van der Waals surface area contributed by atoms with Crippen molar-refractivity contribution in [2.24, 2.45) is 0 Å². The highest BCUT2D eigenvalue weighted by Gasteiger charge is 2.21. The Morgan fingerprint density at radius 3 is 2.40 bits per heavy atom. The highest BCUT2D eigenvalue weighted by Crippen LogP contribution is 2.30. The Morgan fingerprint density at radius 2 is 1.77 bits per heavy atom. The number of nitrogens with zero attached hydrogens (tertiary/aromatic N) is 2. The molecule has 1 amide bonds. The van der Waals surface area contributed by atoms with E-state index >= 15 is 0 Å². The fourth-order valence-electron chi connectivity index (χ4n) is 2.94. The molecule has 1 heterocycles. The number of anilines is 1. The molecule has 0 unspecified atom stereocenters. The third kappa shape index (κ3) is 4.95. The van der Waals surface area contributed by atoms with E-state index in [1.165, 1.54) is 39.9 Å². The number of rotatable bonds is 8. The van der Waals surface area contributed by atoms with Crippen molar-refractivity contribution < 1.29 is 13.2 Å². The summed E-state index contributed by atoms with van der Waals surface area (Å²) >= 11 is 1.41. The number of amides is 1. The summed E-state index contributed by atoms with van der Waals surface area (Å²) in [6.45, 7) is 4.44. The predicted octanol–water partition coefficient (Wildman–Crippen LogP) is 4.79. The van der Waals surface area contributed by atoms with Gasteiger partial charge < -0.3 is 0 Å². The molecule has 0 bridgehead atoms. The number of hydrogen-bond acceptors (Lipinski definition) is 5. The molecule has 0 aliphatic rings. The van der Waals surface area contributed by atoms with Crippen molar-refractivity contribution in [1.82, 2.24) is 9.29 Å². The third-order valence-corrected chi connectivity index (χ3v) is 7.47. The second-order valence-electron chi connectivity index (χ2n) is 6.95. The summed E-state index contributed by atoms with van der Waals surface area (Å²) < 4.78 is 26.5. The largest absolute Gasteiger partial charge is 0.298 e. The van der Waals surface area contributed by atoms with Gasteiger partial charge >= 0.3 is 0 Å². The highest BCUT2D eigenvalue weighted by atomic mass is 32.2. The maximum absolute atomic E-state index is 12.6. The molecule has 0 atom stereocenters. The van der Waals surface area contributed by atoms with Gasteiger partial charge in [-0.1, -0.05) is 43.7 Å². The van der Waals surface area contributed by atoms with Crippen molar-refractivity contribution in [3.8, 4) is 11.3 Å². The summed E-state index contributed by atoms with van der Waals surface area (Å²) in [5, 5.41) is 3.31. The van der Waals surface area contributed by atoms with Gasteiger partial charge in [0.05, 0.1) is 10.6 Å². The summed E-state index contributed by atoms with van der Waals surface area (Å²) in [5.41, 5.74) is 2.21. The number of unbranched alkanes of at least 4 members (excludes halogenated alkanes) is 1. The molecule has 0 aliphatic heterocycles. The van der Waals surface area contributed by atoms with Crippen LogP contribution in [0.3, 0.4) is 0 Å². The summed E-state index contributed by atoms with van der Waals surface area (Å²) in [7, 11) is -1.98. The van der Waals surface area contributed by atoms with Crippen LogP contribution in [0.5, 0.6) is 0 Å². The Hall–Kier alpha value is -2.55. The van der Waals surface area contributed by atoms with E-state index in [4.69, 9.17) is 0 Å². The number of hydrogen-bond donors (Lipinski definition) is 1. The van der Waals surface area contributed by atoms with E-state index < -0.39 is 10.0 Å². The Bertz CT molecular complexity index is 1110. The van der Waals surface area contributed by atoms with Crippen LogP contribution in [0.2, 0.25) is 0 Å². The average Bonchev–Trinajstić information content (AvgIpc) is 3.12. The van der Waals surface area contributed by atoms with Crippen LogP contribution in [0.25, 0.3) is 11.3 Å². The van der Waals surface area contributed by atoms with Crippen molar-refractivity contribution in [3.63, 3.8) is 0 Å². The van der Waals surface area contributed by atoms with Crippen LogP contribution >= 0.6 is 11.3 Å². The summed E-state index contributed by atoms with van der Waals surface area (Å²) in [4.78, 5) is 18.3. The zero-order chi connectivity index (χ0) is 21.7. The second kappa shape index (κ2) is 9.51. The van der Waals surface area contributed by atoms with Gasteiger partial charge in [0, 0.05) is 29.6 Å². The minimum atomic E-state index is -3.55. The van der Waals surface area contributed by atoms with Crippen molar-refractivity contribution in [2.75, 3.05) is 18.9 Å². The van der Waals surface area contributed by atoms with Crippen LogP contribution in [0.15, 0.2) is 59.5 Å². The lowest BCUT2D eigenvalue weighted by Gasteiger charge is -2.16. The van der Waals surface area contributed by atoms with Crippen LogP contribution in [-0.2, 0) is 10.0 Å². The van der Waals surface area contributed by atoms with Gasteiger partial charge in [0.15, 0.2) is 5.13 Å². The zero-order valence-electron chi connectivity index (χ0n) is 17.3. The molecular weight excluding hydrogens is 418 g/mol. The Labute approximate surface area is 181 Å². The summed E-state index contributed by atoms with van der Waals surface area (Å²) in [6.07, 6.45) is 1.72. The van der Waals surface area contributed by atoms with Gasteiger partial charge in [-0.3, -0.25) is 10.1 Å². The lowest BCUT2D eigenvalue weighted by atomic mass is 10.1. The van der Waals surface area contributed by atoms with Gasteiger partial charge in [-0.15, -0.1) is 11.3 Å². The van der Waals surface area contributed by atoms with Gasteiger partial charge in [-0.05, 0) is 37.6 Å². The lowest BCUT2D eigenvalue weighted by Crippen LogP contribution is -2.28. The van der Waals surface area contributed by atoms with E-state index in [1.807, 2.05) is 44.2 Å². The van der Waals surface area contributed by atoms with Gasteiger partial charge in [0.25, 0.3) is 5.91 Å². The monoisotopic (exact) mass is 443 g/mol. The highest BCUT2D eigenvalue weighted by molar-refractivity contribution is 7.89. The van der Waals surface area contributed by atoms with Gasteiger partial charge in [0.2, 0.25) is 10.0 Å². The predicted molar refractivity (Wildman–Crippen MR) is 121 cm³/mol. The molecule has 0 fully saturated rings. The number of nitrogens with one attached hydrogen (secondary N) is 1. The van der Waals surface area contributed by atoms with Crippen LogP contribution < -0.4 is 5.32 Å². The number of aromatic nitrogens is 1. The number of carbonyl (C=O) groups excluding carboxylic acids is 1. The number of sulfonamides is 1. The van der Waals surface area contributed by atoms with Crippen LogP contribution in [0, 0.1) is 6.92 Å². The average molecular weight is 444 g/mol. The topological polar surface area (TPSA) is 79.4 Å². The number of carbonyl (C=O) groups is 1. The Kier molecular flexibility index (Phi) is 7.02. The molecule has 3 aromatic rings. The first-order chi connectivity index (χ1) is 14.3. The maximum atomic E-state index is 12.6. The minimum Gasteiger partial charge on any atom is -0.298 e. The second-order valence-corrected chi connectivity index (χ2v) is 10.2. The molecule has 0 saturated carbocycles. The van der Waals surface area contributed by atoms with Crippen molar-refractivity contribution in [1.29, 1.82) is 0 Å². The SMILES string of the molecule is CCCCN(C)S(=O)(=O)c1ccc(C(=O)Nc2nc(-c3ccccc3)c(C)s2)cc1. The van der Waals surface area contributed by atoms with Crippen molar-refractivity contribution in [3.05, 3.63) is 65.0 Å². The van der Waals surface area contributed by atoms with E-state index in [0.717, 1.165) is 29.0 Å². The summed E-state index contributed by atoms with van der Waals surface area (Å²) in [6, 6.07) is 15.8. The number of benzene rings is 2. The molecule has 30 heavy (non-hydrogen) atoms. The molecule has 0 saturated heterocycles. The minimum absolute atomic E-state index is 0.175. The molecule has 1 N–H and O–H groups in total. The number of thiazole rings is 1. The first-order valence-corrected chi connectivity index (χ1v) is 12.0. The van der Waals surface area contributed by atoms with E-state index in [1.54, 1.807) is 7.05 Å². The number of aryl methyl sites for hydroxylation is 1. The zero-order valence-corrected chi connectivity index (χ0v) is 18.9. The Balaban J connectivity index is 1.73. The molecular formula is C22H25N3O3S2. The fraction of sp³-hybridized carbons (Fsp3) is 0.273. The Morgan fingerprint density at radius 1 is 1.10 bits per heavy atom. The molecule has 6 nitrogen and oxygen atoms in total. The van der Waals surface area contributed by atoms with Crippen LogP contribution in [0.1, 0.15) is 35.0 Å². The quantitative estimate of drug-likeness (QED) is 0.543. The molecule has 158 valence electrons. The first-order valence-electron chi connectivity index (χ1n) is 9.73.